The highest BCUT2D eigenvalue weighted by atomic mass is 35.5. The third-order valence-corrected chi connectivity index (χ3v) is 6.32. The van der Waals surface area contributed by atoms with Crippen LogP contribution in [-0.4, -0.2) is 11.5 Å². The summed E-state index contributed by atoms with van der Waals surface area (Å²) in [7, 11) is 0. The van der Waals surface area contributed by atoms with Crippen LogP contribution in [0, 0.1) is 0 Å². The molecular formula is C24H21ClNO2-. The Morgan fingerprint density at radius 1 is 1.07 bits per heavy atom. The molecule has 142 valence electrons. The van der Waals surface area contributed by atoms with E-state index in [-0.39, 0.29) is 17.5 Å². The maximum absolute atomic E-state index is 12.9. The standard InChI is InChI=1S/C24H22ClNO2/c25-20-11-4-10-19-21(15-24(12-5-13-24)28-23(19)20)26-22(27)14-17-8-3-7-16-6-1-2-9-18(16)17/h1-4,6-11,21H,5,12-15H2,(H,26,27)/p-1. The number of nitrogens with zero attached hydrogens (tertiary/aromatic N) is 1. The van der Waals surface area contributed by atoms with E-state index >= 15 is 0 Å². The number of hydrogen-bond donors (Lipinski definition) is 0. The first-order chi connectivity index (χ1) is 13.6. The summed E-state index contributed by atoms with van der Waals surface area (Å²) in [6.45, 7) is 0. The van der Waals surface area contributed by atoms with Gasteiger partial charge in [-0.3, -0.25) is 4.99 Å². The summed E-state index contributed by atoms with van der Waals surface area (Å²) < 4.78 is 6.27. The zero-order valence-electron chi connectivity index (χ0n) is 15.5. The Hall–Kier alpha value is -2.52. The van der Waals surface area contributed by atoms with E-state index in [2.05, 4.69) is 23.2 Å². The van der Waals surface area contributed by atoms with Crippen molar-refractivity contribution in [1.82, 2.24) is 0 Å². The molecule has 0 aromatic heterocycles. The van der Waals surface area contributed by atoms with Crippen LogP contribution in [0.15, 0.2) is 65.7 Å². The molecule has 3 nitrogen and oxygen atoms in total. The van der Waals surface area contributed by atoms with Gasteiger partial charge >= 0.3 is 0 Å². The number of rotatable bonds is 3. The van der Waals surface area contributed by atoms with Gasteiger partial charge in [0, 0.05) is 18.4 Å². The SMILES string of the molecule is [O-]C(Cc1cccc2ccccc12)=NC1CC2(CCC2)Oc2c(Cl)cccc21. The third kappa shape index (κ3) is 3.04. The summed E-state index contributed by atoms with van der Waals surface area (Å²) in [4.78, 5) is 4.62. The lowest BCUT2D eigenvalue weighted by Gasteiger charge is -2.47. The molecule has 4 heteroatoms. The number of halogens is 1. The second-order valence-electron chi connectivity index (χ2n) is 7.85. The van der Waals surface area contributed by atoms with E-state index in [9.17, 15) is 5.11 Å². The molecule has 3 aromatic carbocycles. The lowest BCUT2D eigenvalue weighted by molar-refractivity contribution is -0.218. The minimum Gasteiger partial charge on any atom is -0.862 e. The van der Waals surface area contributed by atoms with Crippen LogP contribution in [0.5, 0.6) is 5.75 Å². The normalized spacial score (nSPS) is 20.5. The monoisotopic (exact) mass is 390 g/mol. The summed E-state index contributed by atoms with van der Waals surface area (Å²) in [5, 5.41) is 15.8. The number of hydrogen-bond acceptors (Lipinski definition) is 3. The molecule has 2 aliphatic rings. The second-order valence-corrected chi connectivity index (χ2v) is 8.26. The van der Waals surface area contributed by atoms with Gasteiger partial charge in [-0.05, 0) is 47.6 Å². The number of aliphatic imine (C=N–C) groups is 1. The number of para-hydroxylation sites is 1. The van der Waals surface area contributed by atoms with E-state index < -0.39 is 0 Å². The second kappa shape index (κ2) is 6.82. The van der Waals surface area contributed by atoms with Gasteiger partial charge in [0.1, 0.15) is 11.4 Å². The Kier molecular flexibility index (Phi) is 4.28. The van der Waals surface area contributed by atoms with Gasteiger partial charge in [0.15, 0.2) is 0 Å². The van der Waals surface area contributed by atoms with Crippen LogP contribution in [-0.2, 0) is 6.42 Å². The molecule has 1 saturated carbocycles. The minimum absolute atomic E-state index is 0.0938. The number of benzene rings is 3. The van der Waals surface area contributed by atoms with E-state index in [1.165, 1.54) is 0 Å². The van der Waals surface area contributed by atoms with Gasteiger partial charge in [0.2, 0.25) is 0 Å². The van der Waals surface area contributed by atoms with Crippen molar-refractivity contribution in [3.63, 3.8) is 0 Å². The molecule has 3 aromatic rings. The predicted octanol–water partition coefficient (Wildman–Crippen LogP) is 5.24. The van der Waals surface area contributed by atoms with Crippen molar-refractivity contribution in [2.75, 3.05) is 0 Å². The molecule has 0 amide bonds. The van der Waals surface area contributed by atoms with Crippen LogP contribution < -0.4 is 9.84 Å². The highest BCUT2D eigenvalue weighted by Crippen LogP contribution is 2.52. The molecule has 0 radical (unpaired) electrons. The Morgan fingerprint density at radius 3 is 2.68 bits per heavy atom. The van der Waals surface area contributed by atoms with Gasteiger partial charge in [-0.15, -0.1) is 0 Å². The molecule has 0 saturated heterocycles. The summed E-state index contributed by atoms with van der Waals surface area (Å²) in [6.07, 6.45) is 4.21. The number of ether oxygens (including phenoxy) is 1. The van der Waals surface area contributed by atoms with Crippen LogP contribution in [0.3, 0.4) is 0 Å². The Labute approximate surface area is 169 Å². The molecule has 1 heterocycles. The maximum Gasteiger partial charge on any atom is 0.144 e. The Bertz CT molecular complexity index is 1070. The summed E-state index contributed by atoms with van der Waals surface area (Å²) in [5.74, 6) is 0.616. The van der Waals surface area contributed by atoms with Gasteiger partial charge in [-0.1, -0.05) is 66.2 Å². The average Bonchev–Trinajstić information content (AvgIpc) is 2.67. The molecule has 5 rings (SSSR count). The summed E-state index contributed by atoms with van der Waals surface area (Å²) in [5.41, 5.74) is 1.74. The topological polar surface area (TPSA) is 44.7 Å². The zero-order valence-corrected chi connectivity index (χ0v) is 16.3. The molecule has 1 spiro atoms. The molecule has 0 N–H and O–H groups in total. The molecular weight excluding hydrogens is 370 g/mol. The fourth-order valence-corrected chi connectivity index (χ4v) is 4.66. The van der Waals surface area contributed by atoms with E-state index in [0.29, 0.717) is 17.2 Å². The largest absolute Gasteiger partial charge is 0.862 e. The lowest BCUT2D eigenvalue weighted by Crippen LogP contribution is -2.47. The van der Waals surface area contributed by atoms with Gasteiger partial charge in [-0.25, -0.2) is 0 Å². The Morgan fingerprint density at radius 2 is 1.86 bits per heavy atom. The van der Waals surface area contributed by atoms with E-state index in [1.807, 2.05) is 42.5 Å². The first-order valence-electron chi connectivity index (χ1n) is 9.81. The molecule has 1 fully saturated rings. The highest BCUT2D eigenvalue weighted by Gasteiger charge is 2.46. The quantitative estimate of drug-likeness (QED) is 0.453. The number of fused-ring (bicyclic) bond motifs is 2. The van der Waals surface area contributed by atoms with Gasteiger partial charge in [-0.2, -0.15) is 0 Å². The fraction of sp³-hybridized carbons (Fsp3) is 0.292. The smallest absolute Gasteiger partial charge is 0.144 e. The lowest BCUT2D eigenvalue weighted by atomic mass is 9.73. The average molecular weight is 391 g/mol. The van der Waals surface area contributed by atoms with Crippen molar-refractivity contribution in [2.24, 2.45) is 4.99 Å². The van der Waals surface area contributed by atoms with Crippen LogP contribution in [0.2, 0.25) is 5.02 Å². The van der Waals surface area contributed by atoms with Crippen molar-refractivity contribution in [1.29, 1.82) is 0 Å². The molecule has 0 bridgehead atoms. The maximum atomic E-state index is 12.9. The van der Waals surface area contributed by atoms with Crippen LogP contribution >= 0.6 is 11.6 Å². The van der Waals surface area contributed by atoms with Crippen molar-refractivity contribution in [3.8, 4) is 5.75 Å². The first-order valence-corrected chi connectivity index (χ1v) is 10.2. The molecule has 1 unspecified atom stereocenters. The minimum atomic E-state index is -0.202. The summed E-state index contributed by atoms with van der Waals surface area (Å²) >= 11 is 6.40. The van der Waals surface area contributed by atoms with Gasteiger partial charge in [0.05, 0.1) is 11.1 Å². The van der Waals surface area contributed by atoms with Crippen LogP contribution in [0.25, 0.3) is 10.8 Å². The van der Waals surface area contributed by atoms with Crippen molar-refractivity contribution < 1.29 is 9.84 Å². The van der Waals surface area contributed by atoms with E-state index in [4.69, 9.17) is 16.3 Å². The first kappa shape index (κ1) is 17.6. The third-order valence-electron chi connectivity index (χ3n) is 6.03. The Balaban J connectivity index is 1.49. The zero-order chi connectivity index (χ0) is 19.1. The summed E-state index contributed by atoms with van der Waals surface area (Å²) in [6, 6.07) is 19.8. The fourth-order valence-electron chi connectivity index (χ4n) is 4.44. The van der Waals surface area contributed by atoms with Crippen molar-refractivity contribution >= 4 is 28.3 Å². The molecule has 1 aliphatic heterocycles. The van der Waals surface area contributed by atoms with Crippen LogP contribution in [0.4, 0.5) is 0 Å². The van der Waals surface area contributed by atoms with Crippen LogP contribution in [0.1, 0.15) is 42.9 Å². The highest BCUT2D eigenvalue weighted by molar-refractivity contribution is 6.32. The molecule has 1 aliphatic carbocycles. The molecule has 28 heavy (non-hydrogen) atoms. The van der Waals surface area contributed by atoms with Crippen molar-refractivity contribution in [2.45, 2.75) is 43.7 Å². The predicted molar refractivity (Wildman–Crippen MR) is 111 cm³/mol. The van der Waals surface area contributed by atoms with E-state index in [1.54, 1.807) is 0 Å². The molecule has 1 atom stereocenters. The van der Waals surface area contributed by atoms with Crippen molar-refractivity contribution in [3.05, 3.63) is 76.8 Å². The van der Waals surface area contributed by atoms with Gasteiger partial charge < -0.3 is 9.84 Å². The van der Waals surface area contributed by atoms with Gasteiger partial charge in [0.25, 0.3) is 0 Å². The van der Waals surface area contributed by atoms with E-state index in [0.717, 1.165) is 47.6 Å².